The molecule has 0 saturated carbocycles. The number of methoxy groups -OCH3 is 1. The molecular formula is C13H7Cl4NO2. The first-order valence-electron chi connectivity index (χ1n) is 5.32. The van der Waals surface area contributed by atoms with Gasteiger partial charge in [0.15, 0.2) is 5.69 Å². The lowest BCUT2D eigenvalue weighted by atomic mass is 10.1. The first kappa shape index (κ1) is 15.4. The lowest BCUT2D eigenvalue weighted by molar-refractivity contribution is 0.0594. The maximum absolute atomic E-state index is 11.4. The monoisotopic (exact) mass is 349 g/mol. The number of benzene rings is 1. The summed E-state index contributed by atoms with van der Waals surface area (Å²) in [5.41, 5.74) is 1.20. The highest BCUT2D eigenvalue weighted by Gasteiger charge is 2.15. The van der Waals surface area contributed by atoms with Crippen LogP contribution in [0.1, 0.15) is 10.5 Å². The summed E-state index contributed by atoms with van der Waals surface area (Å²) >= 11 is 24.1. The molecule has 3 nitrogen and oxygen atoms in total. The quantitative estimate of drug-likeness (QED) is 0.555. The number of carbonyl (C=O) groups is 1. The lowest BCUT2D eigenvalue weighted by Crippen LogP contribution is -2.05. The molecule has 0 atom stereocenters. The van der Waals surface area contributed by atoms with Crippen molar-refractivity contribution in [3.63, 3.8) is 0 Å². The summed E-state index contributed by atoms with van der Waals surface area (Å²) in [5.74, 6) is -0.614. The fourth-order valence-electron chi connectivity index (χ4n) is 1.60. The van der Waals surface area contributed by atoms with Gasteiger partial charge in [-0.15, -0.1) is 0 Å². The van der Waals surface area contributed by atoms with E-state index in [2.05, 4.69) is 9.72 Å². The zero-order chi connectivity index (χ0) is 14.9. The second kappa shape index (κ2) is 6.19. The predicted octanol–water partition coefficient (Wildman–Crippen LogP) is 5.15. The van der Waals surface area contributed by atoms with E-state index in [1.807, 2.05) is 0 Å². The lowest BCUT2D eigenvalue weighted by Gasteiger charge is -2.09. The minimum Gasteiger partial charge on any atom is -0.464 e. The molecule has 2 aromatic rings. The number of pyridine rings is 1. The zero-order valence-corrected chi connectivity index (χ0v) is 13.1. The van der Waals surface area contributed by atoms with Gasteiger partial charge in [0.05, 0.1) is 22.2 Å². The number of halogens is 4. The number of hydrogen-bond acceptors (Lipinski definition) is 3. The Morgan fingerprint density at radius 3 is 2.40 bits per heavy atom. The van der Waals surface area contributed by atoms with Gasteiger partial charge in [0.25, 0.3) is 0 Å². The average molecular weight is 351 g/mol. The summed E-state index contributed by atoms with van der Waals surface area (Å²) in [6, 6.07) is 4.72. The van der Waals surface area contributed by atoms with Crippen LogP contribution < -0.4 is 0 Å². The first-order valence-corrected chi connectivity index (χ1v) is 6.84. The maximum atomic E-state index is 11.4. The molecule has 0 unspecified atom stereocenters. The van der Waals surface area contributed by atoms with Crippen LogP contribution in [0.4, 0.5) is 0 Å². The molecule has 2 rings (SSSR count). The number of esters is 1. The number of ether oxygens (including phenoxy) is 1. The van der Waals surface area contributed by atoms with Crippen molar-refractivity contribution in [2.75, 3.05) is 7.11 Å². The average Bonchev–Trinajstić information content (AvgIpc) is 2.41. The normalized spacial score (nSPS) is 10.4. The molecule has 0 bridgehead atoms. The molecule has 0 fully saturated rings. The number of carbonyl (C=O) groups excluding carboxylic acids is 1. The zero-order valence-electron chi connectivity index (χ0n) is 10.1. The fraction of sp³-hybridized carbons (Fsp3) is 0.0769. The Kier molecular flexibility index (Phi) is 4.76. The van der Waals surface area contributed by atoms with Crippen LogP contribution in [-0.4, -0.2) is 18.1 Å². The molecule has 0 aliphatic rings. The highest BCUT2D eigenvalue weighted by molar-refractivity contribution is 6.45. The molecule has 1 aromatic carbocycles. The van der Waals surface area contributed by atoms with Gasteiger partial charge in [0.1, 0.15) is 0 Å². The van der Waals surface area contributed by atoms with Gasteiger partial charge < -0.3 is 4.74 Å². The molecule has 0 aliphatic carbocycles. The number of rotatable bonds is 2. The Labute approximate surface area is 135 Å². The Hall–Kier alpha value is -1.000. The minimum atomic E-state index is -0.614. The summed E-state index contributed by atoms with van der Waals surface area (Å²) < 4.78 is 4.57. The van der Waals surface area contributed by atoms with E-state index in [0.29, 0.717) is 26.2 Å². The van der Waals surface area contributed by atoms with Gasteiger partial charge in [-0.05, 0) is 18.2 Å². The van der Waals surface area contributed by atoms with Crippen LogP contribution in [0.5, 0.6) is 0 Å². The van der Waals surface area contributed by atoms with Gasteiger partial charge in [-0.25, -0.2) is 9.78 Å². The van der Waals surface area contributed by atoms with E-state index >= 15 is 0 Å². The third-order valence-corrected chi connectivity index (χ3v) is 3.83. The minimum absolute atomic E-state index is 0.0298. The van der Waals surface area contributed by atoms with Gasteiger partial charge in [0, 0.05) is 22.3 Å². The number of aromatic nitrogens is 1. The van der Waals surface area contributed by atoms with E-state index in [1.54, 1.807) is 12.1 Å². The molecule has 0 radical (unpaired) electrons. The maximum Gasteiger partial charge on any atom is 0.358 e. The molecule has 0 amide bonds. The van der Waals surface area contributed by atoms with Crippen molar-refractivity contribution in [1.29, 1.82) is 0 Å². The number of nitrogens with zero attached hydrogens (tertiary/aromatic N) is 1. The smallest absolute Gasteiger partial charge is 0.358 e. The summed E-state index contributed by atoms with van der Waals surface area (Å²) in [7, 11) is 1.25. The van der Waals surface area contributed by atoms with Crippen LogP contribution in [0.2, 0.25) is 20.1 Å². The topological polar surface area (TPSA) is 39.2 Å². The Morgan fingerprint density at radius 2 is 1.80 bits per heavy atom. The van der Waals surface area contributed by atoms with Crippen molar-refractivity contribution < 1.29 is 9.53 Å². The van der Waals surface area contributed by atoms with Crippen LogP contribution in [0.15, 0.2) is 24.4 Å². The largest absolute Gasteiger partial charge is 0.464 e. The van der Waals surface area contributed by atoms with Crippen molar-refractivity contribution in [1.82, 2.24) is 4.98 Å². The Morgan fingerprint density at radius 1 is 1.10 bits per heavy atom. The van der Waals surface area contributed by atoms with Crippen molar-refractivity contribution >= 4 is 52.4 Å². The van der Waals surface area contributed by atoms with E-state index in [1.165, 1.54) is 19.4 Å². The van der Waals surface area contributed by atoms with E-state index in [0.717, 1.165) is 0 Å². The van der Waals surface area contributed by atoms with E-state index in [9.17, 15) is 4.79 Å². The van der Waals surface area contributed by atoms with Crippen LogP contribution in [0.25, 0.3) is 11.1 Å². The summed E-state index contributed by atoms with van der Waals surface area (Å²) in [4.78, 5) is 15.4. The first-order chi connectivity index (χ1) is 9.43. The van der Waals surface area contributed by atoms with Crippen LogP contribution in [0.3, 0.4) is 0 Å². The summed E-state index contributed by atoms with van der Waals surface area (Å²) in [6.07, 6.45) is 1.45. The van der Waals surface area contributed by atoms with Crippen LogP contribution >= 0.6 is 46.4 Å². The van der Waals surface area contributed by atoms with E-state index < -0.39 is 5.97 Å². The fourth-order valence-corrected chi connectivity index (χ4v) is 2.55. The summed E-state index contributed by atoms with van der Waals surface area (Å²) in [5, 5.41) is 1.24. The highest BCUT2D eigenvalue weighted by atomic mass is 35.5. The van der Waals surface area contributed by atoms with E-state index in [-0.39, 0.29) is 10.7 Å². The van der Waals surface area contributed by atoms with Gasteiger partial charge in [-0.3, -0.25) is 0 Å². The second-order valence-corrected chi connectivity index (χ2v) is 5.42. The third kappa shape index (κ3) is 3.01. The standard InChI is InChI=1S/C13H7Cl4NO2/c1-20-13(19)12-10(16)2-6(5-18-12)8-3-7(14)4-9(15)11(8)17/h2-5H,1H3. The SMILES string of the molecule is COC(=O)c1ncc(-c2cc(Cl)cc(Cl)c2Cl)cc1Cl. The predicted molar refractivity (Wildman–Crippen MR) is 81.1 cm³/mol. The molecule has 0 N–H and O–H groups in total. The van der Waals surface area contributed by atoms with Crippen molar-refractivity contribution in [3.8, 4) is 11.1 Å². The van der Waals surface area contributed by atoms with Crippen molar-refractivity contribution in [2.24, 2.45) is 0 Å². The highest BCUT2D eigenvalue weighted by Crippen LogP contribution is 2.37. The molecule has 20 heavy (non-hydrogen) atoms. The van der Waals surface area contributed by atoms with Crippen molar-refractivity contribution in [3.05, 3.63) is 50.2 Å². The second-order valence-electron chi connectivity index (χ2n) is 3.80. The Balaban J connectivity index is 2.55. The van der Waals surface area contributed by atoms with Gasteiger partial charge in [-0.2, -0.15) is 0 Å². The molecule has 104 valence electrons. The van der Waals surface area contributed by atoms with Crippen LogP contribution in [-0.2, 0) is 4.74 Å². The molecule has 0 saturated heterocycles. The summed E-state index contributed by atoms with van der Waals surface area (Å²) in [6.45, 7) is 0. The third-order valence-electron chi connectivity index (χ3n) is 2.52. The molecule has 0 spiro atoms. The van der Waals surface area contributed by atoms with E-state index in [4.69, 9.17) is 46.4 Å². The van der Waals surface area contributed by atoms with Crippen molar-refractivity contribution in [2.45, 2.75) is 0 Å². The Bertz CT molecular complexity index is 688. The molecule has 1 aromatic heterocycles. The molecule has 0 aliphatic heterocycles. The van der Waals surface area contributed by atoms with Crippen LogP contribution in [0, 0.1) is 0 Å². The number of hydrogen-bond donors (Lipinski definition) is 0. The van der Waals surface area contributed by atoms with Gasteiger partial charge >= 0.3 is 5.97 Å². The molecule has 7 heteroatoms. The molecule has 1 heterocycles. The molecular weight excluding hydrogens is 344 g/mol. The van der Waals surface area contributed by atoms with Gasteiger partial charge in [-0.1, -0.05) is 46.4 Å². The van der Waals surface area contributed by atoms with Gasteiger partial charge in [0.2, 0.25) is 0 Å².